The molecule has 1 aliphatic rings. The van der Waals surface area contributed by atoms with Gasteiger partial charge in [0.1, 0.15) is 11.2 Å². The molecule has 2 aromatic carbocycles. The lowest BCUT2D eigenvalue weighted by molar-refractivity contribution is -0.149. The average molecular weight is 377 g/mol. The number of carbonyl (C=O) groups excluding carboxylic acids is 1. The van der Waals surface area contributed by atoms with E-state index in [0.717, 1.165) is 0 Å². The van der Waals surface area contributed by atoms with Gasteiger partial charge in [0.25, 0.3) is 0 Å². The lowest BCUT2D eigenvalue weighted by Gasteiger charge is -2.14. The standard InChI is InChI=1S/C19H20FNO4S/c1-2-25-18(22)19(12-21)16(13-8-10-14(20)11-9-13)17(19)26(23,24)15-6-4-3-5-7-15/h3-11,16-17H,2,12,21H2,1H3/t16-,17+,19-/m1/s1. The minimum Gasteiger partial charge on any atom is -0.465 e. The van der Waals surface area contributed by atoms with Gasteiger partial charge in [-0.15, -0.1) is 0 Å². The summed E-state index contributed by atoms with van der Waals surface area (Å²) >= 11 is 0. The maximum Gasteiger partial charge on any atom is 0.315 e. The first-order valence-corrected chi connectivity index (χ1v) is 9.86. The highest BCUT2D eigenvalue weighted by Crippen LogP contribution is 2.64. The monoisotopic (exact) mass is 377 g/mol. The van der Waals surface area contributed by atoms with Crippen LogP contribution in [0.2, 0.25) is 0 Å². The van der Waals surface area contributed by atoms with Gasteiger partial charge in [-0.25, -0.2) is 12.8 Å². The van der Waals surface area contributed by atoms with Gasteiger partial charge < -0.3 is 10.5 Å². The fourth-order valence-electron chi connectivity index (χ4n) is 3.59. The van der Waals surface area contributed by atoms with E-state index < -0.39 is 38.2 Å². The fourth-order valence-corrected chi connectivity index (χ4v) is 6.00. The highest BCUT2D eigenvalue weighted by Gasteiger charge is 2.75. The molecule has 2 aromatic rings. The van der Waals surface area contributed by atoms with Crippen LogP contribution in [0.3, 0.4) is 0 Å². The Morgan fingerprint density at radius 2 is 1.77 bits per heavy atom. The number of rotatable bonds is 6. The van der Waals surface area contributed by atoms with Crippen molar-refractivity contribution in [2.45, 2.75) is 23.0 Å². The molecule has 5 nitrogen and oxygen atoms in total. The van der Waals surface area contributed by atoms with Crippen LogP contribution in [0, 0.1) is 11.2 Å². The Labute approximate surface area is 151 Å². The van der Waals surface area contributed by atoms with Crippen LogP contribution in [0.4, 0.5) is 4.39 Å². The Hall–Kier alpha value is -2.25. The van der Waals surface area contributed by atoms with Gasteiger partial charge >= 0.3 is 5.97 Å². The predicted molar refractivity (Wildman–Crippen MR) is 94.7 cm³/mol. The van der Waals surface area contributed by atoms with Crippen LogP contribution in [0.1, 0.15) is 18.4 Å². The minimum absolute atomic E-state index is 0.120. The Morgan fingerprint density at radius 3 is 2.31 bits per heavy atom. The SMILES string of the molecule is CCOC(=O)[C@]1(CN)[C@H](c2ccc(F)cc2)[C@@H]1S(=O)(=O)c1ccccc1. The molecule has 138 valence electrons. The van der Waals surface area contributed by atoms with Crippen LogP contribution in [0.15, 0.2) is 59.5 Å². The van der Waals surface area contributed by atoms with Crippen molar-refractivity contribution in [3.63, 3.8) is 0 Å². The number of ether oxygens (including phenoxy) is 1. The summed E-state index contributed by atoms with van der Waals surface area (Å²) in [5, 5.41) is -1.05. The van der Waals surface area contributed by atoms with Crippen molar-refractivity contribution in [2.24, 2.45) is 11.1 Å². The van der Waals surface area contributed by atoms with E-state index >= 15 is 0 Å². The molecule has 0 unspecified atom stereocenters. The Balaban J connectivity index is 2.11. The summed E-state index contributed by atoms with van der Waals surface area (Å²) in [5.74, 6) is -1.76. The summed E-state index contributed by atoms with van der Waals surface area (Å²) < 4.78 is 44.8. The van der Waals surface area contributed by atoms with E-state index in [0.29, 0.717) is 5.56 Å². The Bertz CT molecular complexity index is 899. The summed E-state index contributed by atoms with van der Waals surface area (Å²) in [4.78, 5) is 12.8. The number of esters is 1. The zero-order valence-electron chi connectivity index (χ0n) is 14.3. The van der Waals surface area contributed by atoms with Crippen LogP contribution in [-0.2, 0) is 19.4 Å². The van der Waals surface area contributed by atoms with E-state index in [1.807, 2.05) is 0 Å². The first-order valence-electron chi connectivity index (χ1n) is 8.31. The van der Waals surface area contributed by atoms with E-state index in [2.05, 4.69) is 0 Å². The van der Waals surface area contributed by atoms with Crippen molar-refractivity contribution in [1.29, 1.82) is 0 Å². The molecule has 0 amide bonds. The molecule has 3 atom stereocenters. The van der Waals surface area contributed by atoms with E-state index in [-0.39, 0.29) is 18.0 Å². The molecule has 1 fully saturated rings. The molecule has 2 N–H and O–H groups in total. The van der Waals surface area contributed by atoms with Gasteiger partial charge in [0, 0.05) is 12.5 Å². The Morgan fingerprint density at radius 1 is 1.15 bits per heavy atom. The molecule has 0 spiro atoms. The van der Waals surface area contributed by atoms with E-state index in [1.54, 1.807) is 25.1 Å². The van der Waals surface area contributed by atoms with Crippen molar-refractivity contribution < 1.29 is 22.3 Å². The normalized spacial score (nSPS) is 24.9. The van der Waals surface area contributed by atoms with Crippen molar-refractivity contribution in [2.75, 3.05) is 13.2 Å². The van der Waals surface area contributed by atoms with Crippen LogP contribution in [0.5, 0.6) is 0 Å². The summed E-state index contributed by atoms with van der Waals surface area (Å²) in [6, 6.07) is 13.4. The summed E-state index contributed by atoms with van der Waals surface area (Å²) in [7, 11) is -3.83. The number of hydrogen-bond donors (Lipinski definition) is 1. The van der Waals surface area contributed by atoms with Crippen molar-refractivity contribution in [3.8, 4) is 0 Å². The van der Waals surface area contributed by atoms with Gasteiger partial charge in [-0.1, -0.05) is 30.3 Å². The molecule has 7 heteroatoms. The highest BCUT2D eigenvalue weighted by atomic mass is 32.2. The van der Waals surface area contributed by atoms with Gasteiger partial charge in [0.15, 0.2) is 9.84 Å². The van der Waals surface area contributed by atoms with Crippen molar-refractivity contribution in [1.82, 2.24) is 0 Å². The number of halogens is 1. The summed E-state index contributed by atoms with van der Waals surface area (Å²) in [6.07, 6.45) is 0. The maximum absolute atomic E-state index is 13.3. The first-order chi connectivity index (χ1) is 12.4. The molecule has 0 radical (unpaired) electrons. The molecule has 0 heterocycles. The second kappa shape index (κ2) is 6.81. The van der Waals surface area contributed by atoms with Gasteiger partial charge in [-0.3, -0.25) is 4.79 Å². The average Bonchev–Trinajstić information content (AvgIpc) is 3.35. The van der Waals surface area contributed by atoms with Gasteiger partial charge in [0.05, 0.1) is 16.8 Å². The molecular formula is C19H20FNO4S. The molecule has 0 bridgehead atoms. The lowest BCUT2D eigenvalue weighted by Crippen LogP contribution is -2.33. The number of carbonyl (C=O) groups is 1. The number of hydrogen-bond acceptors (Lipinski definition) is 5. The van der Waals surface area contributed by atoms with Gasteiger partial charge in [-0.2, -0.15) is 0 Å². The quantitative estimate of drug-likeness (QED) is 0.781. The largest absolute Gasteiger partial charge is 0.465 e. The summed E-state index contributed by atoms with van der Waals surface area (Å²) in [6.45, 7) is 1.59. The van der Waals surface area contributed by atoms with Crippen LogP contribution in [0.25, 0.3) is 0 Å². The first kappa shape index (κ1) is 18.5. The zero-order valence-corrected chi connectivity index (χ0v) is 15.1. The molecule has 3 rings (SSSR count). The third kappa shape index (κ3) is 2.81. The molecule has 0 saturated heterocycles. The Kier molecular flexibility index (Phi) is 4.86. The van der Waals surface area contributed by atoms with Crippen molar-refractivity contribution in [3.05, 3.63) is 66.0 Å². The zero-order chi connectivity index (χ0) is 18.9. The molecule has 0 aliphatic heterocycles. The molecule has 1 aliphatic carbocycles. The van der Waals surface area contributed by atoms with Crippen LogP contribution < -0.4 is 5.73 Å². The van der Waals surface area contributed by atoms with Crippen LogP contribution in [-0.4, -0.2) is 32.8 Å². The number of nitrogens with two attached hydrogens (primary N) is 1. The van der Waals surface area contributed by atoms with Crippen molar-refractivity contribution >= 4 is 15.8 Å². The lowest BCUT2D eigenvalue weighted by atomic mass is 9.99. The second-order valence-corrected chi connectivity index (χ2v) is 8.34. The topological polar surface area (TPSA) is 86.5 Å². The third-order valence-corrected chi connectivity index (χ3v) is 7.18. The minimum atomic E-state index is -3.83. The molecule has 1 saturated carbocycles. The van der Waals surface area contributed by atoms with E-state index in [9.17, 15) is 17.6 Å². The smallest absolute Gasteiger partial charge is 0.315 e. The second-order valence-electron chi connectivity index (χ2n) is 6.27. The van der Waals surface area contributed by atoms with E-state index in [4.69, 9.17) is 10.5 Å². The van der Waals surface area contributed by atoms with Gasteiger partial charge in [-0.05, 0) is 36.8 Å². The molecular weight excluding hydrogens is 357 g/mol. The predicted octanol–water partition coefficient (Wildman–Crippen LogP) is 2.27. The third-order valence-electron chi connectivity index (χ3n) is 4.88. The number of sulfone groups is 1. The maximum atomic E-state index is 13.3. The van der Waals surface area contributed by atoms with Gasteiger partial charge in [0.2, 0.25) is 0 Å². The van der Waals surface area contributed by atoms with Crippen LogP contribution >= 0.6 is 0 Å². The molecule has 26 heavy (non-hydrogen) atoms. The number of benzene rings is 2. The summed E-state index contributed by atoms with van der Waals surface area (Å²) in [5.41, 5.74) is 5.06. The highest BCUT2D eigenvalue weighted by molar-refractivity contribution is 7.92. The fraction of sp³-hybridized carbons (Fsp3) is 0.316. The van der Waals surface area contributed by atoms with E-state index in [1.165, 1.54) is 36.4 Å². The molecule has 0 aromatic heterocycles.